The van der Waals surface area contributed by atoms with Crippen LogP contribution >= 0.6 is 0 Å². The zero-order chi connectivity index (χ0) is 36.5. The molecule has 2 nitrogen and oxygen atoms in total. The molecular formula is C50H44N2. The molecule has 0 amide bonds. The van der Waals surface area contributed by atoms with Crippen LogP contribution in [0.5, 0.6) is 0 Å². The third kappa shape index (κ3) is 7.57. The maximum Gasteiger partial charge on any atom is 0.0540 e. The monoisotopic (exact) mass is 672 g/mol. The molecule has 2 heteroatoms. The Morgan fingerprint density at radius 3 is 2.00 bits per heavy atom. The Morgan fingerprint density at radius 2 is 1.31 bits per heavy atom. The Labute approximate surface area is 309 Å². The largest absolute Gasteiger partial charge is 0.310 e. The highest BCUT2D eigenvalue weighted by Gasteiger charge is 2.18. The van der Waals surface area contributed by atoms with Crippen molar-refractivity contribution in [3.63, 3.8) is 0 Å². The summed E-state index contributed by atoms with van der Waals surface area (Å²) in [6, 6.07) is 47.5. The minimum absolute atomic E-state index is 0.837. The number of allylic oxidation sites excluding steroid dienone is 7. The third-order valence-electron chi connectivity index (χ3n) is 9.15. The van der Waals surface area contributed by atoms with E-state index < -0.39 is 0 Å². The molecule has 0 aliphatic heterocycles. The average Bonchev–Trinajstić information content (AvgIpc) is 3.19. The molecule has 0 bridgehead atoms. The summed E-state index contributed by atoms with van der Waals surface area (Å²) in [7, 11) is 0. The highest BCUT2D eigenvalue weighted by atomic mass is 15.2. The third-order valence-corrected chi connectivity index (χ3v) is 9.15. The van der Waals surface area contributed by atoms with Gasteiger partial charge in [-0.25, -0.2) is 0 Å². The molecule has 0 aliphatic rings. The van der Waals surface area contributed by atoms with Gasteiger partial charge in [0, 0.05) is 33.8 Å². The predicted molar refractivity (Wildman–Crippen MR) is 229 cm³/mol. The first-order valence-electron chi connectivity index (χ1n) is 17.5. The zero-order valence-electron chi connectivity index (χ0n) is 30.0. The van der Waals surface area contributed by atoms with E-state index in [0.717, 1.165) is 67.5 Å². The Bertz CT molecular complexity index is 2330. The summed E-state index contributed by atoms with van der Waals surface area (Å²) in [5.74, 6) is 0. The Morgan fingerprint density at radius 1 is 0.654 bits per heavy atom. The van der Waals surface area contributed by atoms with Gasteiger partial charge < -0.3 is 9.80 Å². The number of hydrogen-bond acceptors (Lipinski definition) is 2. The Kier molecular flexibility index (Phi) is 11.1. The van der Waals surface area contributed by atoms with Crippen molar-refractivity contribution in [2.24, 2.45) is 0 Å². The number of anilines is 5. The van der Waals surface area contributed by atoms with Gasteiger partial charge in [-0.3, -0.25) is 0 Å². The van der Waals surface area contributed by atoms with Crippen molar-refractivity contribution in [2.45, 2.75) is 13.8 Å². The van der Waals surface area contributed by atoms with Crippen LogP contribution in [0.25, 0.3) is 34.1 Å². The minimum atomic E-state index is 0.837. The molecule has 0 aromatic heterocycles. The highest BCUT2D eigenvalue weighted by molar-refractivity contribution is 5.99. The van der Waals surface area contributed by atoms with Gasteiger partial charge in [0.15, 0.2) is 0 Å². The van der Waals surface area contributed by atoms with Gasteiger partial charge in [-0.2, -0.15) is 0 Å². The molecule has 0 aliphatic carbocycles. The molecule has 0 unspecified atom stereocenters. The lowest BCUT2D eigenvalue weighted by Crippen LogP contribution is -2.17. The lowest BCUT2D eigenvalue weighted by Gasteiger charge is -2.29. The SMILES string of the molecule is C=C/C=C\c1cccc(N(C(/C=C\C)=C/C(=C)C=C)c2ccc(-c3ccc(N(c4cccc(C=C)c4)c4cccc5ccccc45)cc3)cc2)c1C. The van der Waals surface area contributed by atoms with Crippen LogP contribution in [0.1, 0.15) is 23.6 Å². The molecule has 0 fully saturated rings. The van der Waals surface area contributed by atoms with E-state index in [2.05, 4.69) is 201 Å². The predicted octanol–water partition coefficient (Wildman–Crippen LogP) is 14.5. The van der Waals surface area contributed by atoms with Gasteiger partial charge >= 0.3 is 0 Å². The summed E-state index contributed by atoms with van der Waals surface area (Å²) in [6.07, 6.45) is 15.8. The van der Waals surface area contributed by atoms with Crippen LogP contribution < -0.4 is 9.80 Å². The number of fused-ring (bicyclic) bond motifs is 1. The topological polar surface area (TPSA) is 6.48 Å². The summed E-state index contributed by atoms with van der Waals surface area (Å²) in [5, 5.41) is 2.39. The summed E-state index contributed by atoms with van der Waals surface area (Å²) < 4.78 is 0. The maximum atomic E-state index is 4.20. The van der Waals surface area contributed by atoms with E-state index in [0.29, 0.717) is 0 Å². The summed E-state index contributed by atoms with van der Waals surface area (Å²) in [5.41, 5.74) is 12.9. The molecular weight excluding hydrogens is 629 g/mol. The van der Waals surface area contributed by atoms with E-state index in [-0.39, 0.29) is 0 Å². The van der Waals surface area contributed by atoms with Gasteiger partial charge in [0.05, 0.1) is 5.69 Å². The van der Waals surface area contributed by atoms with Crippen molar-refractivity contribution in [1.82, 2.24) is 0 Å². The molecule has 0 N–H and O–H groups in total. The van der Waals surface area contributed by atoms with Crippen LogP contribution in [0, 0.1) is 6.92 Å². The molecule has 0 spiro atoms. The molecule has 0 radical (unpaired) electrons. The fourth-order valence-electron chi connectivity index (χ4n) is 6.50. The fraction of sp³-hybridized carbons (Fsp3) is 0.0400. The Hall–Kier alpha value is -6.64. The number of nitrogens with zero attached hydrogens (tertiary/aromatic N) is 2. The van der Waals surface area contributed by atoms with Crippen LogP contribution in [0.2, 0.25) is 0 Å². The van der Waals surface area contributed by atoms with Crippen LogP contribution in [0.15, 0.2) is 208 Å². The van der Waals surface area contributed by atoms with Gasteiger partial charge in [-0.1, -0.05) is 148 Å². The van der Waals surface area contributed by atoms with E-state index in [1.54, 1.807) is 12.2 Å². The van der Waals surface area contributed by atoms with Gasteiger partial charge in [0.2, 0.25) is 0 Å². The molecule has 6 aromatic carbocycles. The van der Waals surface area contributed by atoms with Crippen molar-refractivity contribution in [1.29, 1.82) is 0 Å². The second-order valence-corrected chi connectivity index (χ2v) is 12.5. The van der Waals surface area contributed by atoms with E-state index in [9.17, 15) is 0 Å². The van der Waals surface area contributed by atoms with Crippen molar-refractivity contribution >= 4 is 51.4 Å². The van der Waals surface area contributed by atoms with Crippen LogP contribution in [0.4, 0.5) is 28.4 Å². The zero-order valence-corrected chi connectivity index (χ0v) is 30.0. The van der Waals surface area contributed by atoms with Gasteiger partial charge in [0.25, 0.3) is 0 Å². The summed E-state index contributed by atoms with van der Waals surface area (Å²) >= 11 is 0. The summed E-state index contributed by atoms with van der Waals surface area (Å²) in [4.78, 5) is 4.61. The van der Waals surface area contributed by atoms with Crippen LogP contribution in [-0.2, 0) is 0 Å². The van der Waals surface area contributed by atoms with Crippen molar-refractivity contribution in [2.75, 3.05) is 9.80 Å². The quantitative estimate of drug-likeness (QED) is 0.113. The lowest BCUT2D eigenvalue weighted by molar-refractivity contribution is 1.18. The smallest absolute Gasteiger partial charge is 0.0540 e. The molecule has 0 atom stereocenters. The standard InChI is InChI=1S/C50H44N2/c1-7-11-19-40-21-15-25-49(38(40)6)51(46(17-8-2)35-37(5)9-3)44-31-27-41(28-32-44)42-29-33-45(34-30-42)52(47-23-14-18-39(10-4)36-47)50-26-16-22-43-20-12-13-24-48(43)50/h7-36H,1,3-5H2,2,6H3/b17-8-,19-11-,46-35+. The van der Waals surface area contributed by atoms with E-state index in [1.807, 2.05) is 19.1 Å². The van der Waals surface area contributed by atoms with Crippen molar-refractivity contribution < 1.29 is 0 Å². The van der Waals surface area contributed by atoms with Crippen LogP contribution in [-0.4, -0.2) is 0 Å². The molecule has 6 rings (SSSR count). The second kappa shape index (κ2) is 16.4. The van der Waals surface area contributed by atoms with Crippen molar-refractivity contribution in [3.05, 3.63) is 224 Å². The maximum absolute atomic E-state index is 4.20. The number of benzene rings is 6. The first-order chi connectivity index (χ1) is 25.4. The number of rotatable bonds is 13. The van der Waals surface area contributed by atoms with E-state index in [4.69, 9.17) is 0 Å². The van der Waals surface area contributed by atoms with Gasteiger partial charge in [-0.15, -0.1) is 0 Å². The van der Waals surface area contributed by atoms with Crippen LogP contribution in [0.3, 0.4) is 0 Å². The van der Waals surface area contributed by atoms with Gasteiger partial charge in [0.1, 0.15) is 0 Å². The average molecular weight is 673 g/mol. The molecule has 52 heavy (non-hydrogen) atoms. The lowest BCUT2D eigenvalue weighted by atomic mass is 10.0. The molecule has 6 aromatic rings. The minimum Gasteiger partial charge on any atom is -0.310 e. The molecule has 254 valence electrons. The molecule has 0 saturated carbocycles. The first kappa shape index (κ1) is 35.2. The normalized spacial score (nSPS) is 11.5. The fourth-order valence-corrected chi connectivity index (χ4v) is 6.50. The van der Waals surface area contributed by atoms with E-state index in [1.165, 1.54) is 10.8 Å². The first-order valence-corrected chi connectivity index (χ1v) is 17.5. The highest BCUT2D eigenvalue weighted by Crippen LogP contribution is 2.41. The van der Waals surface area contributed by atoms with Crippen molar-refractivity contribution in [3.8, 4) is 11.1 Å². The summed E-state index contributed by atoms with van der Waals surface area (Å²) in [6.45, 7) is 20.2. The molecule has 0 heterocycles. The second-order valence-electron chi connectivity index (χ2n) is 12.5. The molecule has 0 saturated heterocycles. The van der Waals surface area contributed by atoms with E-state index >= 15 is 0 Å². The Balaban J connectivity index is 1.40. The number of hydrogen-bond donors (Lipinski definition) is 0. The van der Waals surface area contributed by atoms with Gasteiger partial charge in [-0.05, 0) is 113 Å².